The highest BCUT2D eigenvalue weighted by atomic mass is 32.2. The molecule has 7 nitrogen and oxygen atoms in total. The van der Waals surface area contributed by atoms with Gasteiger partial charge in [-0.1, -0.05) is 31.2 Å². The van der Waals surface area contributed by atoms with Gasteiger partial charge in [0.15, 0.2) is 0 Å². The van der Waals surface area contributed by atoms with E-state index in [0.717, 1.165) is 45.4 Å². The summed E-state index contributed by atoms with van der Waals surface area (Å²) in [5.41, 5.74) is 4.83. The third-order valence-corrected chi connectivity index (χ3v) is 5.89. The fourth-order valence-electron chi connectivity index (χ4n) is 3.13. The van der Waals surface area contributed by atoms with Gasteiger partial charge < -0.3 is 10.6 Å². The van der Waals surface area contributed by atoms with Crippen LogP contribution in [-0.4, -0.2) is 25.6 Å². The standard InChI is InChI=1S/C23H24N6OS/c1-4-5-18-13-21(29-22(26-18)24-14-25-29)31-20-10-8-17(9-11-20)27-23(30)28-19-7-6-15(2)16(3)12-19/h6-14H,4-5H2,1-3H3,(H2,27,28,30). The van der Waals surface area contributed by atoms with Crippen molar-refractivity contribution in [2.75, 3.05) is 10.6 Å². The van der Waals surface area contributed by atoms with Gasteiger partial charge in [0.1, 0.15) is 11.4 Å². The zero-order chi connectivity index (χ0) is 21.8. The molecule has 0 bridgehead atoms. The topological polar surface area (TPSA) is 84.2 Å². The molecule has 31 heavy (non-hydrogen) atoms. The first-order valence-corrected chi connectivity index (χ1v) is 11.0. The molecule has 2 heterocycles. The maximum Gasteiger partial charge on any atom is 0.323 e. The third-order valence-electron chi connectivity index (χ3n) is 4.88. The summed E-state index contributed by atoms with van der Waals surface area (Å²) in [4.78, 5) is 22.1. The van der Waals surface area contributed by atoms with Crippen molar-refractivity contribution in [1.29, 1.82) is 0 Å². The Hall–Kier alpha value is -3.39. The summed E-state index contributed by atoms with van der Waals surface area (Å²) in [5.74, 6) is 0.606. The van der Waals surface area contributed by atoms with Crippen molar-refractivity contribution in [2.24, 2.45) is 0 Å². The van der Waals surface area contributed by atoms with Gasteiger partial charge in [0, 0.05) is 22.0 Å². The number of hydrogen-bond donors (Lipinski definition) is 2. The first-order chi connectivity index (χ1) is 15.0. The molecule has 0 aliphatic carbocycles. The van der Waals surface area contributed by atoms with Crippen LogP contribution in [0.25, 0.3) is 5.78 Å². The van der Waals surface area contributed by atoms with Crippen molar-refractivity contribution in [3.63, 3.8) is 0 Å². The van der Waals surface area contributed by atoms with Gasteiger partial charge >= 0.3 is 6.03 Å². The number of urea groups is 1. The van der Waals surface area contributed by atoms with Gasteiger partial charge in [0.2, 0.25) is 0 Å². The molecule has 0 fully saturated rings. The Morgan fingerprint density at radius 3 is 2.48 bits per heavy atom. The summed E-state index contributed by atoms with van der Waals surface area (Å²) in [6.07, 6.45) is 3.44. The number of benzene rings is 2. The molecule has 0 saturated carbocycles. The van der Waals surface area contributed by atoms with Crippen molar-refractivity contribution in [3.05, 3.63) is 71.7 Å². The summed E-state index contributed by atoms with van der Waals surface area (Å²) in [7, 11) is 0. The minimum absolute atomic E-state index is 0.272. The van der Waals surface area contributed by atoms with Crippen LogP contribution in [0.1, 0.15) is 30.2 Å². The van der Waals surface area contributed by atoms with Gasteiger partial charge in [-0.15, -0.1) is 0 Å². The molecular formula is C23H24N6OS. The van der Waals surface area contributed by atoms with E-state index in [0.29, 0.717) is 5.78 Å². The zero-order valence-electron chi connectivity index (χ0n) is 17.7. The van der Waals surface area contributed by atoms with E-state index >= 15 is 0 Å². The maximum atomic E-state index is 12.3. The lowest BCUT2D eigenvalue weighted by Crippen LogP contribution is -2.19. The predicted molar refractivity (Wildman–Crippen MR) is 124 cm³/mol. The Labute approximate surface area is 185 Å². The molecule has 2 aromatic heterocycles. The summed E-state index contributed by atoms with van der Waals surface area (Å²) in [5, 5.41) is 11.0. The molecule has 4 rings (SSSR count). The minimum Gasteiger partial charge on any atom is -0.308 e. The summed E-state index contributed by atoms with van der Waals surface area (Å²) >= 11 is 1.59. The molecule has 2 aromatic carbocycles. The molecule has 0 unspecified atom stereocenters. The molecule has 0 aliphatic heterocycles. The summed E-state index contributed by atoms with van der Waals surface area (Å²) in [6, 6.07) is 15.3. The molecule has 0 radical (unpaired) electrons. The maximum absolute atomic E-state index is 12.3. The van der Waals surface area contributed by atoms with E-state index in [1.807, 2.05) is 56.3 Å². The Balaban J connectivity index is 1.44. The number of anilines is 2. The first-order valence-electron chi connectivity index (χ1n) is 10.1. The molecule has 8 heteroatoms. The second-order valence-corrected chi connectivity index (χ2v) is 8.41. The highest BCUT2D eigenvalue weighted by Gasteiger charge is 2.10. The predicted octanol–water partition coefficient (Wildman–Crippen LogP) is 5.49. The van der Waals surface area contributed by atoms with Gasteiger partial charge in [0.25, 0.3) is 5.78 Å². The Kier molecular flexibility index (Phi) is 6.18. The third kappa shape index (κ3) is 5.03. The van der Waals surface area contributed by atoms with Crippen LogP contribution in [0.2, 0.25) is 0 Å². The molecule has 2 N–H and O–H groups in total. The molecule has 0 aliphatic rings. The Morgan fingerprint density at radius 1 is 1.00 bits per heavy atom. The van der Waals surface area contributed by atoms with Crippen LogP contribution in [0.15, 0.2) is 64.8 Å². The van der Waals surface area contributed by atoms with Crippen LogP contribution in [0, 0.1) is 13.8 Å². The van der Waals surface area contributed by atoms with Gasteiger partial charge in [-0.3, -0.25) is 0 Å². The molecule has 0 spiro atoms. The second-order valence-electron chi connectivity index (χ2n) is 7.31. The van der Waals surface area contributed by atoms with Crippen molar-refractivity contribution in [1.82, 2.24) is 19.6 Å². The lowest BCUT2D eigenvalue weighted by Gasteiger charge is -2.10. The van der Waals surface area contributed by atoms with Gasteiger partial charge in [-0.25, -0.2) is 9.78 Å². The average molecular weight is 433 g/mol. The fraction of sp³-hybridized carbons (Fsp3) is 0.217. The second kappa shape index (κ2) is 9.18. The number of nitrogens with one attached hydrogen (secondary N) is 2. The number of carbonyl (C=O) groups excluding carboxylic acids is 1. The Bertz CT molecular complexity index is 1220. The van der Waals surface area contributed by atoms with Crippen LogP contribution >= 0.6 is 11.8 Å². The normalized spacial score (nSPS) is 10.9. The fourth-order valence-corrected chi connectivity index (χ4v) is 4.05. The molecule has 0 saturated heterocycles. The van der Waals surface area contributed by atoms with Crippen LogP contribution in [-0.2, 0) is 6.42 Å². The number of aryl methyl sites for hydroxylation is 3. The van der Waals surface area contributed by atoms with Crippen LogP contribution < -0.4 is 10.6 Å². The van der Waals surface area contributed by atoms with Crippen molar-refractivity contribution >= 4 is 34.9 Å². The lowest BCUT2D eigenvalue weighted by molar-refractivity contribution is 0.262. The smallest absolute Gasteiger partial charge is 0.308 e. The zero-order valence-corrected chi connectivity index (χ0v) is 18.5. The summed E-state index contributed by atoms with van der Waals surface area (Å²) in [6.45, 7) is 6.20. The number of fused-ring (bicyclic) bond motifs is 1. The first kappa shape index (κ1) is 20.9. The van der Waals surface area contributed by atoms with Crippen LogP contribution in [0.5, 0.6) is 0 Å². The van der Waals surface area contributed by atoms with Crippen molar-refractivity contribution in [2.45, 2.75) is 43.5 Å². The number of carbonyl (C=O) groups is 1. The van der Waals surface area contributed by atoms with Gasteiger partial charge in [-0.2, -0.15) is 14.6 Å². The molecule has 158 valence electrons. The summed E-state index contributed by atoms with van der Waals surface area (Å²) < 4.78 is 1.74. The van der Waals surface area contributed by atoms with Crippen LogP contribution in [0.4, 0.5) is 16.2 Å². The quantitative estimate of drug-likeness (QED) is 0.394. The minimum atomic E-state index is -0.272. The number of rotatable bonds is 6. The van der Waals surface area contributed by atoms with Gasteiger partial charge in [0.05, 0.1) is 0 Å². The highest BCUT2D eigenvalue weighted by molar-refractivity contribution is 7.99. The monoisotopic (exact) mass is 432 g/mol. The van der Waals surface area contributed by atoms with E-state index in [-0.39, 0.29) is 6.03 Å². The number of amides is 2. The largest absolute Gasteiger partial charge is 0.323 e. The van der Waals surface area contributed by atoms with E-state index in [9.17, 15) is 4.79 Å². The van der Waals surface area contributed by atoms with Crippen LogP contribution in [0.3, 0.4) is 0 Å². The number of aromatic nitrogens is 4. The van der Waals surface area contributed by atoms with E-state index in [2.05, 4.69) is 38.7 Å². The SMILES string of the molecule is CCCc1cc(Sc2ccc(NC(=O)Nc3ccc(C)c(C)c3)cc2)n2ncnc2n1. The molecule has 2 amide bonds. The van der Waals surface area contributed by atoms with E-state index in [1.54, 1.807) is 16.3 Å². The highest BCUT2D eigenvalue weighted by Crippen LogP contribution is 2.29. The van der Waals surface area contributed by atoms with Crippen molar-refractivity contribution < 1.29 is 4.79 Å². The number of hydrogen-bond acceptors (Lipinski definition) is 5. The van der Waals surface area contributed by atoms with Gasteiger partial charge in [-0.05, 0) is 73.9 Å². The van der Waals surface area contributed by atoms with E-state index in [4.69, 9.17) is 0 Å². The molecular weight excluding hydrogens is 408 g/mol. The molecule has 0 atom stereocenters. The lowest BCUT2D eigenvalue weighted by atomic mass is 10.1. The molecule has 4 aromatic rings. The Morgan fingerprint density at radius 2 is 1.74 bits per heavy atom. The van der Waals surface area contributed by atoms with E-state index in [1.165, 1.54) is 11.9 Å². The van der Waals surface area contributed by atoms with Crippen molar-refractivity contribution in [3.8, 4) is 0 Å². The van der Waals surface area contributed by atoms with E-state index < -0.39 is 0 Å². The number of nitrogens with zero attached hydrogens (tertiary/aromatic N) is 4. The average Bonchev–Trinajstić information content (AvgIpc) is 3.21.